The van der Waals surface area contributed by atoms with Crippen LogP contribution in [-0.2, 0) is 4.74 Å². The molecule has 3 aromatic rings. The Morgan fingerprint density at radius 2 is 2.20 bits per heavy atom. The van der Waals surface area contributed by atoms with Crippen molar-refractivity contribution < 1.29 is 9.53 Å². The quantitative estimate of drug-likeness (QED) is 0.578. The molecule has 0 atom stereocenters. The fourth-order valence-corrected chi connectivity index (χ4v) is 4.21. The molecule has 0 spiro atoms. The number of aryl methyl sites for hydroxylation is 1. The molecule has 3 rings (SSSR count). The van der Waals surface area contributed by atoms with Gasteiger partial charge in [-0.3, -0.25) is 0 Å². The third-order valence-corrected chi connectivity index (χ3v) is 5.43. The summed E-state index contributed by atoms with van der Waals surface area (Å²) < 4.78 is 6.55. The first-order valence-electron chi connectivity index (χ1n) is 6.36. The van der Waals surface area contributed by atoms with Crippen molar-refractivity contribution in [3.63, 3.8) is 0 Å². The Morgan fingerprint density at radius 1 is 1.40 bits per heavy atom. The van der Waals surface area contributed by atoms with Crippen molar-refractivity contribution >= 4 is 46.8 Å². The van der Waals surface area contributed by atoms with Gasteiger partial charge in [0.15, 0.2) is 0 Å². The van der Waals surface area contributed by atoms with Crippen LogP contribution in [0.15, 0.2) is 24.3 Å². The van der Waals surface area contributed by atoms with Crippen molar-refractivity contribution in [3.05, 3.63) is 34.3 Å². The fourth-order valence-electron chi connectivity index (χ4n) is 2.15. The molecule has 20 heavy (non-hydrogen) atoms. The molecule has 5 heteroatoms. The summed E-state index contributed by atoms with van der Waals surface area (Å²) >= 11 is -0.177. The summed E-state index contributed by atoms with van der Waals surface area (Å²) in [5.41, 5.74) is 8.74. The molecule has 102 valence electrons. The summed E-state index contributed by atoms with van der Waals surface area (Å²) in [4.78, 5) is 16.6. The Hall–Kier alpha value is -1.84. The number of fused-ring (bicyclic) bond motifs is 2. The van der Waals surface area contributed by atoms with E-state index < -0.39 is 0 Å². The number of hydrogen-bond acceptors (Lipinski definition) is 4. The molecule has 2 aromatic heterocycles. The van der Waals surface area contributed by atoms with E-state index in [0.29, 0.717) is 16.7 Å². The van der Waals surface area contributed by atoms with Gasteiger partial charge < -0.3 is 0 Å². The van der Waals surface area contributed by atoms with Crippen LogP contribution in [0.5, 0.6) is 0 Å². The summed E-state index contributed by atoms with van der Waals surface area (Å²) in [7, 11) is 0. The number of benzene rings is 1. The molecule has 2 N–H and O–H groups in total. The molecule has 0 unspecified atom stereocenters. The third kappa shape index (κ3) is 2.09. The van der Waals surface area contributed by atoms with Crippen molar-refractivity contribution in [1.82, 2.24) is 4.98 Å². The van der Waals surface area contributed by atoms with E-state index in [0.717, 1.165) is 20.7 Å². The van der Waals surface area contributed by atoms with Gasteiger partial charge in [-0.05, 0) is 0 Å². The van der Waals surface area contributed by atoms with Crippen LogP contribution in [0.2, 0.25) is 0 Å². The number of aromatic nitrogens is 1. The van der Waals surface area contributed by atoms with Crippen molar-refractivity contribution in [2.24, 2.45) is 0 Å². The number of rotatable bonds is 2. The maximum absolute atomic E-state index is 11.9. The second-order valence-electron chi connectivity index (χ2n) is 4.60. The van der Waals surface area contributed by atoms with Crippen molar-refractivity contribution in [1.29, 1.82) is 0 Å². The number of anilines is 1. The van der Waals surface area contributed by atoms with E-state index in [-0.39, 0.29) is 20.5 Å². The Balaban J connectivity index is 2.25. The van der Waals surface area contributed by atoms with Gasteiger partial charge in [-0.2, -0.15) is 0 Å². The molecule has 0 aliphatic carbocycles. The molecular weight excluding hydrogens is 319 g/mol. The van der Waals surface area contributed by atoms with Crippen molar-refractivity contribution in [3.8, 4) is 0 Å². The van der Waals surface area contributed by atoms with Crippen molar-refractivity contribution in [2.75, 3.05) is 12.3 Å². The van der Waals surface area contributed by atoms with Crippen molar-refractivity contribution in [2.45, 2.75) is 13.8 Å². The topological polar surface area (TPSA) is 65.2 Å². The summed E-state index contributed by atoms with van der Waals surface area (Å²) in [5, 5.41) is 1.92. The predicted octanol–water partition coefficient (Wildman–Crippen LogP) is 2.51. The molecule has 0 radical (unpaired) electrons. The van der Waals surface area contributed by atoms with Gasteiger partial charge in [0.05, 0.1) is 0 Å². The molecule has 0 saturated heterocycles. The Labute approximate surface area is 122 Å². The fraction of sp³-hybridized carbons (Fsp3) is 0.200. The molecule has 0 bridgehead atoms. The molecule has 2 heterocycles. The summed E-state index contributed by atoms with van der Waals surface area (Å²) in [6.45, 7) is 4.19. The Morgan fingerprint density at radius 3 is 2.95 bits per heavy atom. The second kappa shape index (κ2) is 4.93. The maximum atomic E-state index is 11.9. The number of nitrogens with two attached hydrogens (primary N) is 1. The molecule has 0 aliphatic rings. The molecule has 0 amide bonds. The molecule has 0 aliphatic heterocycles. The first kappa shape index (κ1) is 13.2. The number of pyridine rings is 1. The van der Waals surface area contributed by atoms with E-state index in [1.165, 1.54) is 5.56 Å². The zero-order chi connectivity index (χ0) is 14.3. The average Bonchev–Trinajstić information content (AvgIpc) is 2.73. The average molecular weight is 333 g/mol. The summed E-state index contributed by atoms with van der Waals surface area (Å²) in [6, 6.07) is 8.13. The van der Waals surface area contributed by atoms with E-state index in [2.05, 4.69) is 4.98 Å². The molecule has 4 nitrogen and oxygen atoms in total. The zero-order valence-corrected chi connectivity index (χ0v) is 13.0. The van der Waals surface area contributed by atoms with Gasteiger partial charge >= 0.3 is 122 Å². The Bertz CT molecular complexity index is 823. The molecule has 0 fully saturated rings. The van der Waals surface area contributed by atoms with Gasteiger partial charge in [0, 0.05) is 0 Å². The van der Waals surface area contributed by atoms with Crippen LogP contribution in [0.25, 0.3) is 20.7 Å². The van der Waals surface area contributed by atoms with E-state index in [1.807, 2.05) is 31.2 Å². The van der Waals surface area contributed by atoms with Crippen LogP contribution < -0.4 is 5.73 Å². The van der Waals surface area contributed by atoms with Gasteiger partial charge in [0.2, 0.25) is 0 Å². The van der Waals surface area contributed by atoms with Gasteiger partial charge in [0.1, 0.15) is 0 Å². The third-order valence-electron chi connectivity index (χ3n) is 3.13. The number of ether oxygens (including phenoxy) is 1. The molecule has 1 aromatic carbocycles. The normalized spacial score (nSPS) is 11.1. The monoisotopic (exact) mass is 334 g/mol. The van der Waals surface area contributed by atoms with Gasteiger partial charge in [-0.25, -0.2) is 0 Å². The zero-order valence-electron chi connectivity index (χ0n) is 11.3. The van der Waals surface area contributed by atoms with Crippen LogP contribution in [0.4, 0.5) is 5.69 Å². The Kier molecular flexibility index (Phi) is 3.24. The molecule has 0 saturated carbocycles. The van der Waals surface area contributed by atoms with Crippen LogP contribution in [0.1, 0.15) is 21.7 Å². The summed E-state index contributed by atoms with van der Waals surface area (Å²) in [6.07, 6.45) is 0. The number of carbonyl (C=O) groups is 1. The molecular formula is C15H14N2O2Se. The van der Waals surface area contributed by atoms with E-state index >= 15 is 0 Å². The number of nitrogen functional groups attached to an aromatic ring is 1. The number of nitrogens with zero attached hydrogens (tertiary/aromatic N) is 1. The standard InChI is InChI=1S/C15H14N2O2Se/c1-3-19-15(18)13-12(16)10-7-9-5-4-8(2)6-11(9)17-14(10)20-13/h4-7H,3,16H2,1-2H3. The minimum atomic E-state index is -0.316. The van der Waals surface area contributed by atoms with E-state index in [9.17, 15) is 4.79 Å². The SMILES string of the molecule is CCOC(=O)c1[se]c2nc3cc(C)ccc3cc2c1N. The number of carbonyl (C=O) groups excluding carboxylic acids is 1. The first-order valence-corrected chi connectivity index (χ1v) is 8.08. The van der Waals surface area contributed by atoms with E-state index in [1.54, 1.807) is 6.92 Å². The van der Waals surface area contributed by atoms with Crippen LogP contribution in [0.3, 0.4) is 0 Å². The van der Waals surface area contributed by atoms with Gasteiger partial charge in [-0.1, -0.05) is 0 Å². The predicted molar refractivity (Wildman–Crippen MR) is 81.3 cm³/mol. The van der Waals surface area contributed by atoms with Crippen LogP contribution in [-0.4, -0.2) is 32.1 Å². The second-order valence-corrected chi connectivity index (χ2v) is 6.70. The summed E-state index contributed by atoms with van der Waals surface area (Å²) in [5.74, 6) is -0.316. The minimum absolute atomic E-state index is 0.177. The van der Waals surface area contributed by atoms with Gasteiger partial charge in [-0.15, -0.1) is 0 Å². The van der Waals surface area contributed by atoms with Gasteiger partial charge in [0.25, 0.3) is 0 Å². The van der Waals surface area contributed by atoms with E-state index in [4.69, 9.17) is 10.5 Å². The van der Waals surface area contributed by atoms with Crippen LogP contribution in [0, 0.1) is 6.92 Å². The first-order chi connectivity index (χ1) is 9.60. The number of hydrogen-bond donors (Lipinski definition) is 1. The van der Waals surface area contributed by atoms with Crippen LogP contribution >= 0.6 is 0 Å². The number of esters is 1.